The first-order chi connectivity index (χ1) is 2.56. The van der Waals surface area contributed by atoms with Gasteiger partial charge in [0.05, 0.1) is 7.11 Å². The summed E-state index contributed by atoms with van der Waals surface area (Å²) in [6, 6.07) is 0. The zero-order chi connectivity index (χ0) is 5.21. The third-order valence-electron chi connectivity index (χ3n) is 0.293. The molecular weight excluding hydrogens is 95.8 g/mol. The maximum atomic E-state index is 10.7. The highest BCUT2D eigenvalue weighted by Gasteiger charge is 2.35. The van der Waals surface area contributed by atoms with Crippen molar-refractivity contribution in [3.63, 3.8) is 0 Å². The number of hydrogen-bond donors (Lipinski definition) is 0. The quantitative estimate of drug-likeness (QED) is 0.336. The predicted molar refractivity (Wildman–Crippen MR) is 17.2 cm³/mol. The summed E-state index contributed by atoms with van der Waals surface area (Å²) < 4.78 is 34.1. The SMILES string of the molecule is C[OH+][B-](F)(F)F. The molecule has 0 aliphatic rings. The zero-order valence-corrected chi connectivity index (χ0v) is 3.16. The van der Waals surface area contributed by atoms with Crippen molar-refractivity contribution in [1.82, 2.24) is 0 Å². The lowest BCUT2D eigenvalue weighted by atomic mass is 10.3. The van der Waals surface area contributed by atoms with E-state index in [0.29, 0.717) is 0 Å². The number of hydrogen-bond acceptors (Lipinski definition) is 0. The van der Waals surface area contributed by atoms with Crippen LogP contribution in [0, 0.1) is 0 Å². The standard InChI is InChI=1S/CH4BF3O/c1-6-2(3,4)5/h6H,1H3. The van der Waals surface area contributed by atoms with Gasteiger partial charge >= 0.3 is 7.18 Å². The van der Waals surface area contributed by atoms with Gasteiger partial charge in [-0.15, -0.1) is 0 Å². The minimum atomic E-state index is -4.86. The molecule has 0 amide bonds. The average Bonchev–Trinajstić information content (AvgIpc) is 1.35. The van der Waals surface area contributed by atoms with Gasteiger partial charge in [-0.1, -0.05) is 0 Å². The minimum absolute atomic E-state index is 0.736. The Morgan fingerprint density at radius 1 is 1.33 bits per heavy atom. The lowest BCUT2D eigenvalue weighted by Gasteiger charge is -2.02. The summed E-state index contributed by atoms with van der Waals surface area (Å²) in [6.07, 6.45) is 0. The summed E-state index contributed by atoms with van der Waals surface area (Å²) in [5, 5.41) is 0. The molecule has 6 heavy (non-hydrogen) atoms. The highest BCUT2D eigenvalue weighted by atomic mass is 19.4. The van der Waals surface area contributed by atoms with Gasteiger partial charge in [0.15, 0.2) is 0 Å². The summed E-state index contributed by atoms with van der Waals surface area (Å²) in [5.74, 6) is 0. The summed E-state index contributed by atoms with van der Waals surface area (Å²) in [6.45, 7) is 0. The van der Waals surface area contributed by atoms with E-state index in [4.69, 9.17) is 0 Å². The van der Waals surface area contributed by atoms with E-state index in [1.165, 1.54) is 0 Å². The molecule has 1 nitrogen and oxygen atoms in total. The molecule has 0 aliphatic carbocycles. The van der Waals surface area contributed by atoms with Crippen LogP contribution < -0.4 is 0 Å². The van der Waals surface area contributed by atoms with Crippen LogP contribution >= 0.6 is 0 Å². The molecule has 0 rings (SSSR count). The van der Waals surface area contributed by atoms with E-state index >= 15 is 0 Å². The summed E-state index contributed by atoms with van der Waals surface area (Å²) in [7, 11) is -4.12. The van der Waals surface area contributed by atoms with Gasteiger partial charge in [-0.3, -0.25) is 0 Å². The Morgan fingerprint density at radius 3 is 1.50 bits per heavy atom. The third kappa shape index (κ3) is 3.81. The second-order valence-corrected chi connectivity index (χ2v) is 0.798. The maximum absolute atomic E-state index is 10.7. The number of aliphatic hydroxyl groups is 1. The van der Waals surface area contributed by atoms with E-state index in [2.05, 4.69) is 4.65 Å². The molecule has 0 saturated heterocycles. The van der Waals surface area contributed by atoms with Gasteiger partial charge in [-0.25, -0.2) is 0 Å². The Hall–Kier alpha value is -0.185. The highest BCUT2D eigenvalue weighted by molar-refractivity contribution is 6.50. The summed E-state index contributed by atoms with van der Waals surface area (Å²) >= 11 is 0. The van der Waals surface area contributed by atoms with E-state index in [-0.39, 0.29) is 0 Å². The van der Waals surface area contributed by atoms with Crippen molar-refractivity contribution in [2.24, 2.45) is 0 Å². The Balaban J connectivity index is 3.17. The van der Waals surface area contributed by atoms with Crippen LogP contribution in [0.1, 0.15) is 0 Å². The largest absolute Gasteiger partial charge is 0.842 e. The number of halogens is 3. The monoisotopic (exact) mass is 100 g/mol. The van der Waals surface area contributed by atoms with E-state index in [1.807, 2.05) is 0 Å². The van der Waals surface area contributed by atoms with Gasteiger partial charge in [0, 0.05) is 0 Å². The molecule has 1 N–H and O–H groups in total. The molecule has 0 saturated carbocycles. The van der Waals surface area contributed by atoms with Gasteiger partial charge in [0.25, 0.3) is 0 Å². The van der Waals surface area contributed by atoms with Crippen molar-refractivity contribution in [3.05, 3.63) is 0 Å². The van der Waals surface area contributed by atoms with Gasteiger partial charge in [0.2, 0.25) is 0 Å². The smallest absolute Gasteiger partial charge is 0.595 e. The lowest BCUT2D eigenvalue weighted by molar-refractivity contribution is 0.0856. The van der Waals surface area contributed by atoms with Gasteiger partial charge < -0.3 is 17.6 Å². The van der Waals surface area contributed by atoms with Crippen LogP contribution in [0.4, 0.5) is 12.9 Å². The second kappa shape index (κ2) is 1.51. The minimum Gasteiger partial charge on any atom is -0.595 e. The van der Waals surface area contributed by atoms with Crippen LogP contribution in [-0.4, -0.2) is 18.9 Å². The first kappa shape index (κ1) is 5.81. The van der Waals surface area contributed by atoms with Crippen LogP contribution in [-0.2, 0) is 0 Å². The molecule has 0 atom stereocenters. The Labute approximate surface area is 33.2 Å². The maximum Gasteiger partial charge on any atom is 0.842 e. The molecule has 0 aliphatic heterocycles. The highest BCUT2D eigenvalue weighted by Crippen LogP contribution is 2.03. The molecular formula is CH4BF3O. The van der Waals surface area contributed by atoms with Crippen LogP contribution in [0.2, 0.25) is 0 Å². The molecule has 0 radical (unpaired) electrons. The molecule has 0 unspecified atom stereocenters. The van der Waals surface area contributed by atoms with Crippen LogP contribution in [0.3, 0.4) is 0 Å². The summed E-state index contributed by atoms with van der Waals surface area (Å²) in [5.41, 5.74) is 0. The second-order valence-electron chi connectivity index (χ2n) is 0.798. The van der Waals surface area contributed by atoms with E-state index in [9.17, 15) is 12.9 Å². The molecule has 0 spiro atoms. The topological polar surface area (TPSA) is 12.8 Å². The molecule has 0 fully saturated rings. The van der Waals surface area contributed by atoms with E-state index in [0.717, 1.165) is 7.11 Å². The lowest BCUT2D eigenvalue weighted by Crippen LogP contribution is -2.22. The van der Waals surface area contributed by atoms with E-state index < -0.39 is 7.18 Å². The van der Waals surface area contributed by atoms with E-state index in [1.54, 1.807) is 0 Å². The van der Waals surface area contributed by atoms with Gasteiger partial charge in [-0.2, -0.15) is 0 Å². The average molecular weight is 99.8 g/mol. The van der Waals surface area contributed by atoms with Crippen LogP contribution in [0.15, 0.2) is 0 Å². The molecule has 5 heteroatoms. The fraction of sp³-hybridized carbons (Fsp3) is 1.00. The molecule has 0 aromatic carbocycles. The van der Waals surface area contributed by atoms with Crippen LogP contribution in [0.25, 0.3) is 0 Å². The Morgan fingerprint density at radius 2 is 1.50 bits per heavy atom. The van der Waals surface area contributed by atoms with Crippen molar-refractivity contribution < 1.29 is 17.6 Å². The summed E-state index contributed by atoms with van der Waals surface area (Å²) in [4.78, 5) is 0. The number of rotatable bonds is 1. The zero-order valence-electron chi connectivity index (χ0n) is 3.16. The van der Waals surface area contributed by atoms with Crippen molar-refractivity contribution in [3.8, 4) is 0 Å². The first-order valence-corrected chi connectivity index (χ1v) is 1.36. The van der Waals surface area contributed by atoms with Crippen molar-refractivity contribution >= 4 is 7.18 Å². The molecule has 0 heterocycles. The molecule has 38 valence electrons. The van der Waals surface area contributed by atoms with Crippen LogP contribution in [0.5, 0.6) is 0 Å². The van der Waals surface area contributed by atoms with Gasteiger partial charge in [0.1, 0.15) is 0 Å². The fourth-order valence-electron chi connectivity index (χ4n) is 0. The van der Waals surface area contributed by atoms with Crippen molar-refractivity contribution in [2.75, 3.05) is 7.11 Å². The van der Waals surface area contributed by atoms with Gasteiger partial charge in [-0.05, 0) is 0 Å². The Bertz CT molecular complexity index is 40.5. The predicted octanol–water partition coefficient (Wildman–Crippen LogP) is 0.488. The molecule has 0 bridgehead atoms. The normalized spacial score (nSPS) is 12.0. The first-order valence-electron chi connectivity index (χ1n) is 1.36. The van der Waals surface area contributed by atoms with Crippen molar-refractivity contribution in [1.29, 1.82) is 0 Å². The fourth-order valence-corrected chi connectivity index (χ4v) is 0. The third-order valence-corrected chi connectivity index (χ3v) is 0.293. The molecule has 0 aromatic heterocycles. The van der Waals surface area contributed by atoms with Crippen molar-refractivity contribution in [2.45, 2.75) is 0 Å². The molecule has 0 aromatic rings. The Kier molecular flexibility index (Phi) is 1.46.